The third-order valence-corrected chi connectivity index (χ3v) is 6.99. The molecule has 0 aliphatic carbocycles. The van der Waals surface area contributed by atoms with Gasteiger partial charge in [0.05, 0.1) is 25.9 Å². The molecule has 1 fully saturated rings. The van der Waals surface area contributed by atoms with E-state index in [-0.39, 0.29) is 6.04 Å². The molecule has 35 heavy (non-hydrogen) atoms. The quantitative estimate of drug-likeness (QED) is 0.592. The fraction of sp³-hybridized carbons (Fsp3) is 0.481. The van der Waals surface area contributed by atoms with E-state index in [2.05, 4.69) is 45.7 Å². The Balaban J connectivity index is 1.46. The molecular formula is C27H36N4O4. The zero-order valence-corrected chi connectivity index (χ0v) is 20.9. The van der Waals surface area contributed by atoms with Crippen LogP contribution in [-0.2, 0) is 16.0 Å². The molecule has 2 amide bonds. The number of hydrogen-bond acceptors (Lipinski definition) is 6. The normalized spacial score (nSPS) is 16.7. The van der Waals surface area contributed by atoms with Gasteiger partial charge in [-0.05, 0) is 68.1 Å². The highest BCUT2D eigenvalue weighted by atomic mass is 16.5. The predicted molar refractivity (Wildman–Crippen MR) is 137 cm³/mol. The molecule has 188 valence electrons. The summed E-state index contributed by atoms with van der Waals surface area (Å²) in [6, 6.07) is 11.7. The largest absolute Gasteiger partial charge is 0.497 e. The van der Waals surface area contributed by atoms with Gasteiger partial charge < -0.3 is 25.0 Å². The van der Waals surface area contributed by atoms with Gasteiger partial charge in [-0.1, -0.05) is 18.6 Å². The maximum atomic E-state index is 12.8. The second-order valence-corrected chi connectivity index (χ2v) is 9.26. The zero-order chi connectivity index (χ0) is 24.8. The lowest BCUT2D eigenvalue weighted by molar-refractivity contribution is -0.136. The standard InChI is InChI=1S/C27H36N4O4/c1-30-13-7-8-19-16-20(9-12-23(19)30)24(31-14-5-4-6-15-31)18-28-26(32)27(33)29-22-11-10-21(34-2)17-25(22)35-3/h9-12,16-17,24H,4-8,13-15,18H2,1-3H3,(H,28,32)(H,29,33). The first-order valence-electron chi connectivity index (χ1n) is 12.4. The van der Waals surface area contributed by atoms with E-state index >= 15 is 0 Å². The fourth-order valence-electron chi connectivity index (χ4n) is 5.05. The van der Waals surface area contributed by atoms with Crippen LogP contribution in [0, 0.1) is 0 Å². The summed E-state index contributed by atoms with van der Waals surface area (Å²) in [5.41, 5.74) is 4.25. The van der Waals surface area contributed by atoms with Crippen molar-refractivity contribution in [3.8, 4) is 11.5 Å². The number of carbonyl (C=O) groups excluding carboxylic acids is 2. The monoisotopic (exact) mass is 480 g/mol. The third kappa shape index (κ3) is 5.88. The number of carbonyl (C=O) groups is 2. The van der Waals surface area contributed by atoms with Crippen LogP contribution in [0.5, 0.6) is 11.5 Å². The lowest BCUT2D eigenvalue weighted by atomic mass is 9.95. The van der Waals surface area contributed by atoms with Gasteiger partial charge in [-0.2, -0.15) is 0 Å². The lowest BCUT2D eigenvalue weighted by Crippen LogP contribution is -2.43. The molecule has 2 N–H and O–H groups in total. The van der Waals surface area contributed by atoms with Gasteiger partial charge in [0.2, 0.25) is 0 Å². The highest BCUT2D eigenvalue weighted by molar-refractivity contribution is 6.39. The van der Waals surface area contributed by atoms with Crippen molar-refractivity contribution in [2.75, 3.05) is 57.7 Å². The molecule has 2 aromatic carbocycles. The zero-order valence-electron chi connectivity index (χ0n) is 20.9. The molecule has 0 aromatic heterocycles. The SMILES string of the molecule is COc1ccc(NC(=O)C(=O)NCC(c2ccc3c(c2)CCCN3C)N2CCCCC2)c(OC)c1. The van der Waals surface area contributed by atoms with Crippen LogP contribution < -0.4 is 25.0 Å². The highest BCUT2D eigenvalue weighted by Crippen LogP contribution is 2.32. The first-order valence-corrected chi connectivity index (χ1v) is 12.4. The third-order valence-electron chi connectivity index (χ3n) is 6.99. The molecule has 2 aliphatic rings. The summed E-state index contributed by atoms with van der Waals surface area (Å²) in [4.78, 5) is 30.1. The van der Waals surface area contributed by atoms with Gasteiger partial charge in [0.1, 0.15) is 11.5 Å². The van der Waals surface area contributed by atoms with Crippen LogP contribution in [0.3, 0.4) is 0 Å². The topological polar surface area (TPSA) is 83.1 Å². The number of ether oxygens (including phenoxy) is 2. The Labute approximate surface area is 207 Å². The van der Waals surface area contributed by atoms with Crippen molar-refractivity contribution in [2.45, 2.75) is 38.1 Å². The van der Waals surface area contributed by atoms with Gasteiger partial charge in [0.25, 0.3) is 0 Å². The number of nitrogens with one attached hydrogen (secondary N) is 2. The van der Waals surface area contributed by atoms with Crippen molar-refractivity contribution in [2.24, 2.45) is 0 Å². The summed E-state index contributed by atoms with van der Waals surface area (Å²) in [6.07, 6.45) is 5.74. The van der Waals surface area contributed by atoms with Crippen molar-refractivity contribution >= 4 is 23.2 Å². The number of aryl methyl sites for hydroxylation is 1. The summed E-state index contributed by atoms with van der Waals surface area (Å²) in [6.45, 7) is 3.44. The van der Waals surface area contributed by atoms with Gasteiger partial charge >= 0.3 is 11.8 Å². The maximum absolute atomic E-state index is 12.8. The first-order chi connectivity index (χ1) is 17.0. The van der Waals surface area contributed by atoms with Crippen molar-refractivity contribution in [1.29, 1.82) is 0 Å². The summed E-state index contributed by atoms with van der Waals surface area (Å²) >= 11 is 0. The molecule has 1 unspecified atom stereocenters. The molecule has 8 nitrogen and oxygen atoms in total. The minimum Gasteiger partial charge on any atom is -0.497 e. The summed E-state index contributed by atoms with van der Waals surface area (Å²) in [5, 5.41) is 5.53. The summed E-state index contributed by atoms with van der Waals surface area (Å²) in [5.74, 6) is -0.360. The van der Waals surface area contributed by atoms with Crippen LogP contribution in [-0.4, -0.2) is 64.2 Å². The number of rotatable bonds is 7. The minimum atomic E-state index is -0.724. The number of benzene rings is 2. The van der Waals surface area contributed by atoms with Gasteiger partial charge in [-0.25, -0.2) is 0 Å². The fourth-order valence-corrected chi connectivity index (χ4v) is 5.05. The van der Waals surface area contributed by atoms with E-state index in [1.165, 1.54) is 30.3 Å². The molecule has 2 heterocycles. The second-order valence-electron chi connectivity index (χ2n) is 9.26. The van der Waals surface area contributed by atoms with Gasteiger partial charge in [0.15, 0.2) is 0 Å². The number of hydrogen-bond donors (Lipinski definition) is 2. The van der Waals surface area contributed by atoms with E-state index in [0.29, 0.717) is 23.7 Å². The Morgan fingerprint density at radius 3 is 2.49 bits per heavy atom. The van der Waals surface area contributed by atoms with Crippen LogP contribution in [0.1, 0.15) is 42.9 Å². The Kier molecular flexibility index (Phi) is 8.13. The molecule has 0 radical (unpaired) electrons. The van der Waals surface area contributed by atoms with Crippen LogP contribution in [0.25, 0.3) is 0 Å². The van der Waals surface area contributed by atoms with Crippen molar-refractivity contribution in [3.05, 3.63) is 47.5 Å². The number of anilines is 2. The summed E-state index contributed by atoms with van der Waals surface area (Å²) in [7, 11) is 5.19. The van der Waals surface area contributed by atoms with Gasteiger partial charge in [-0.15, -0.1) is 0 Å². The van der Waals surface area contributed by atoms with Crippen molar-refractivity contribution in [1.82, 2.24) is 10.2 Å². The second kappa shape index (κ2) is 11.4. The minimum absolute atomic E-state index is 0.0279. The predicted octanol–water partition coefficient (Wildman–Crippen LogP) is 3.37. The molecular weight excluding hydrogens is 444 g/mol. The first kappa shape index (κ1) is 24.9. The Hall–Kier alpha value is -3.26. The van der Waals surface area contributed by atoms with Gasteiger partial charge in [-0.3, -0.25) is 14.5 Å². The number of likely N-dealkylation sites (tertiary alicyclic amines) is 1. The van der Waals surface area contributed by atoms with Crippen molar-refractivity contribution < 1.29 is 19.1 Å². The van der Waals surface area contributed by atoms with Crippen LogP contribution >= 0.6 is 0 Å². The smallest absolute Gasteiger partial charge is 0.313 e. The average molecular weight is 481 g/mol. The molecule has 4 rings (SSSR count). The van der Waals surface area contributed by atoms with E-state index in [0.717, 1.165) is 45.3 Å². The number of methoxy groups -OCH3 is 2. The number of nitrogens with zero attached hydrogens (tertiary/aromatic N) is 2. The maximum Gasteiger partial charge on any atom is 0.313 e. The van der Waals surface area contributed by atoms with E-state index in [9.17, 15) is 9.59 Å². The molecule has 8 heteroatoms. The van der Waals surface area contributed by atoms with Crippen LogP contribution in [0.2, 0.25) is 0 Å². The van der Waals surface area contributed by atoms with Crippen LogP contribution in [0.4, 0.5) is 11.4 Å². The lowest BCUT2D eigenvalue weighted by Gasteiger charge is -2.36. The average Bonchev–Trinajstić information content (AvgIpc) is 2.89. The van der Waals surface area contributed by atoms with Crippen molar-refractivity contribution in [3.63, 3.8) is 0 Å². The van der Waals surface area contributed by atoms with Gasteiger partial charge in [0, 0.05) is 31.9 Å². The Bertz CT molecular complexity index is 1050. The number of fused-ring (bicyclic) bond motifs is 1. The van der Waals surface area contributed by atoms with E-state index < -0.39 is 11.8 Å². The Morgan fingerprint density at radius 1 is 0.943 bits per heavy atom. The molecule has 0 spiro atoms. The van der Waals surface area contributed by atoms with Crippen LogP contribution in [0.15, 0.2) is 36.4 Å². The summed E-state index contributed by atoms with van der Waals surface area (Å²) < 4.78 is 10.5. The number of amides is 2. The molecule has 2 aromatic rings. The van der Waals surface area contributed by atoms with E-state index in [1.807, 2.05) is 0 Å². The molecule has 1 saturated heterocycles. The highest BCUT2D eigenvalue weighted by Gasteiger charge is 2.26. The Morgan fingerprint density at radius 2 is 1.74 bits per heavy atom. The molecule has 1 atom stereocenters. The van der Waals surface area contributed by atoms with E-state index in [4.69, 9.17) is 9.47 Å². The molecule has 0 saturated carbocycles. The molecule has 0 bridgehead atoms. The number of piperidine rings is 1. The molecule has 2 aliphatic heterocycles. The van der Waals surface area contributed by atoms with E-state index in [1.54, 1.807) is 25.3 Å².